The van der Waals surface area contributed by atoms with Crippen molar-refractivity contribution in [1.29, 1.82) is 0 Å². The van der Waals surface area contributed by atoms with E-state index in [-0.39, 0.29) is 0 Å². The van der Waals surface area contributed by atoms with Crippen LogP contribution in [0, 0.1) is 5.92 Å². The second-order valence-electron chi connectivity index (χ2n) is 4.56. The van der Waals surface area contributed by atoms with Gasteiger partial charge >= 0.3 is 0 Å². The summed E-state index contributed by atoms with van der Waals surface area (Å²) >= 11 is 0. The molecule has 0 spiro atoms. The van der Waals surface area contributed by atoms with E-state index < -0.39 is 0 Å². The molecule has 15 heavy (non-hydrogen) atoms. The zero-order valence-electron chi connectivity index (χ0n) is 8.80. The van der Waals surface area contributed by atoms with Crippen molar-refractivity contribution in [2.24, 2.45) is 5.92 Å². The predicted molar refractivity (Wildman–Crippen MR) is 58.2 cm³/mol. The van der Waals surface area contributed by atoms with Gasteiger partial charge in [-0.05, 0) is 44.3 Å². The minimum Gasteiger partial charge on any atom is -0.357 e. The molecule has 3 aliphatic heterocycles. The summed E-state index contributed by atoms with van der Waals surface area (Å²) in [6.07, 6.45) is 10.1. The lowest BCUT2D eigenvalue weighted by molar-refractivity contribution is 0.0740. The SMILES string of the molecule is C(=C/C1CC2CCN1CC2)/c1ccno1. The monoisotopic (exact) mass is 204 g/mol. The molecule has 1 aromatic heterocycles. The Bertz CT molecular complexity index is 337. The fourth-order valence-corrected chi connectivity index (χ4v) is 2.73. The molecule has 0 saturated carbocycles. The smallest absolute Gasteiger partial charge is 0.159 e. The van der Waals surface area contributed by atoms with E-state index in [2.05, 4.69) is 22.2 Å². The molecule has 1 unspecified atom stereocenters. The highest BCUT2D eigenvalue weighted by molar-refractivity contribution is 5.42. The lowest BCUT2D eigenvalue weighted by Crippen LogP contribution is -2.47. The first-order valence-corrected chi connectivity index (χ1v) is 5.75. The van der Waals surface area contributed by atoms with Crippen LogP contribution in [0.3, 0.4) is 0 Å². The summed E-state index contributed by atoms with van der Waals surface area (Å²) in [6.45, 7) is 2.55. The molecule has 4 rings (SSSR count). The normalized spacial score (nSPS) is 35.1. The van der Waals surface area contributed by atoms with E-state index in [9.17, 15) is 0 Å². The van der Waals surface area contributed by atoms with E-state index in [1.807, 2.05) is 6.07 Å². The number of hydrogen-bond acceptors (Lipinski definition) is 3. The van der Waals surface area contributed by atoms with E-state index in [4.69, 9.17) is 4.52 Å². The molecule has 0 amide bonds. The maximum absolute atomic E-state index is 5.05. The van der Waals surface area contributed by atoms with Gasteiger partial charge in [0.05, 0.1) is 6.20 Å². The van der Waals surface area contributed by atoms with Gasteiger partial charge in [0, 0.05) is 12.1 Å². The summed E-state index contributed by atoms with van der Waals surface area (Å²) in [4.78, 5) is 2.58. The lowest BCUT2D eigenvalue weighted by atomic mass is 9.83. The minimum absolute atomic E-state index is 0.627. The van der Waals surface area contributed by atoms with E-state index in [0.29, 0.717) is 6.04 Å². The van der Waals surface area contributed by atoms with Crippen molar-refractivity contribution in [2.75, 3.05) is 13.1 Å². The van der Waals surface area contributed by atoms with Crippen LogP contribution in [0.4, 0.5) is 0 Å². The van der Waals surface area contributed by atoms with Gasteiger partial charge in [0.2, 0.25) is 0 Å². The van der Waals surface area contributed by atoms with Crippen LogP contribution in [0.1, 0.15) is 25.0 Å². The van der Waals surface area contributed by atoms with Gasteiger partial charge in [-0.15, -0.1) is 0 Å². The third kappa shape index (κ3) is 1.84. The Morgan fingerprint density at radius 2 is 2.27 bits per heavy atom. The summed E-state index contributed by atoms with van der Waals surface area (Å²) in [7, 11) is 0. The molecule has 3 fully saturated rings. The number of fused-ring (bicyclic) bond motifs is 3. The molecule has 3 aliphatic rings. The first kappa shape index (κ1) is 9.16. The van der Waals surface area contributed by atoms with Gasteiger partial charge in [-0.25, -0.2) is 0 Å². The zero-order valence-corrected chi connectivity index (χ0v) is 8.80. The van der Waals surface area contributed by atoms with E-state index in [0.717, 1.165) is 11.7 Å². The van der Waals surface area contributed by atoms with Crippen LogP contribution in [-0.2, 0) is 0 Å². The fraction of sp³-hybridized carbons (Fsp3) is 0.583. The molecule has 1 atom stereocenters. The van der Waals surface area contributed by atoms with Crippen LogP contribution in [-0.4, -0.2) is 29.2 Å². The van der Waals surface area contributed by atoms with Crippen molar-refractivity contribution < 1.29 is 4.52 Å². The van der Waals surface area contributed by atoms with Crippen molar-refractivity contribution in [3.05, 3.63) is 24.1 Å². The highest BCUT2D eigenvalue weighted by Crippen LogP contribution is 2.32. The first-order valence-electron chi connectivity index (χ1n) is 5.75. The van der Waals surface area contributed by atoms with Crippen LogP contribution >= 0.6 is 0 Å². The Kier molecular flexibility index (Phi) is 2.33. The van der Waals surface area contributed by atoms with Gasteiger partial charge in [0.25, 0.3) is 0 Å². The Morgan fingerprint density at radius 1 is 1.40 bits per heavy atom. The Balaban J connectivity index is 1.68. The predicted octanol–water partition coefficient (Wildman–Crippen LogP) is 2.17. The zero-order chi connectivity index (χ0) is 10.1. The first-order chi connectivity index (χ1) is 7.42. The third-order valence-corrected chi connectivity index (χ3v) is 3.63. The van der Waals surface area contributed by atoms with Gasteiger partial charge in [0.1, 0.15) is 0 Å². The van der Waals surface area contributed by atoms with E-state index in [1.165, 1.54) is 32.4 Å². The maximum Gasteiger partial charge on any atom is 0.159 e. The molecule has 0 aliphatic carbocycles. The van der Waals surface area contributed by atoms with Gasteiger partial charge in [-0.3, -0.25) is 4.90 Å². The summed E-state index contributed by atoms with van der Waals surface area (Å²) in [5, 5.41) is 3.69. The number of hydrogen-bond donors (Lipinski definition) is 0. The maximum atomic E-state index is 5.05. The molecule has 3 heteroatoms. The molecule has 0 radical (unpaired) electrons. The largest absolute Gasteiger partial charge is 0.357 e. The molecule has 80 valence electrons. The topological polar surface area (TPSA) is 29.3 Å². The van der Waals surface area contributed by atoms with Crippen LogP contribution in [0.2, 0.25) is 0 Å². The molecule has 4 heterocycles. The molecular weight excluding hydrogens is 188 g/mol. The van der Waals surface area contributed by atoms with Crippen molar-refractivity contribution in [3.8, 4) is 0 Å². The Hall–Kier alpha value is -1.09. The van der Waals surface area contributed by atoms with Gasteiger partial charge in [-0.1, -0.05) is 11.2 Å². The molecule has 0 N–H and O–H groups in total. The van der Waals surface area contributed by atoms with Crippen molar-refractivity contribution in [2.45, 2.75) is 25.3 Å². The van der Waals surface area contributed by atoms with E-state index in [1.54, 1.807) is 6.20 Å². The van der Waals surface area contributed by atoms with Crippen LogP contribution in [0.15, 0.2) is 22.9 Å². The second-order valence-corrected chi connectivity index (χ2v) is 4.56. The average molecular weight is 204 g/mol. The highest BCUT2D eigenvalue weighted by Gasteiger charge is 2.31. The summed E-state index contributed by atoms with van der Waals surface area (Å²) < 4.78 is 5.05. The highest BCUT2D eigenvalue weighted by atomic mass is 16.5. The summed E-state index contributed by atoms with van der Waals surface area (Å²) in [6, 6.07) is 2.52. The van der Waals surface area contributed by atoms with Crippen LogP contribution < -0.4 is 0 Å². The molecule has 0 aromatic carbocycles. The summed E-state index contributed by atoms with van der Waals surface area (Å²) in [5.74, 6) is 1.82. The summed E-state index contributed by atoms with van der Waals surface area (Å²) in [5.41, 5.74) is 0. The molecule has 1 aromatic rings. The van der Waals surface area contributed by atoms with Crippen LogP contribution in [0.5, 0.6) is 0 Å². The van der Waals surface area contributed by atoms with E-state index >= 15 is 0 Å². The van der Waals surface area contributed by atoms with Gasteiger partial charge in [0.15, 0.2) is 5.76 Å². The Morgan fingerprint density at radius 3 is 2.87 bits per heavy atom. The minimum atomic E-state index is 0.627. The number of rotatable bonds is 2. The molecule has 2 bridgehead atoms. The average Bonchev–Trinajstić information content (AvgIpc) is 2.81. The fourth-order valence-electron chi connectivity index (χ4n) is 2.73. The molecular formula is C12H16N2O. The third-order valence-electron chi connectivity index (χ3n) is 3.63. The van der Waals surface area contributed by atoms with Crippen LogP contribution in [0.25, 0.3) is 6.08 Å². The van der Waals surface area contributed by atoms with Crippen molar-refractivity contribution in [3.63, 3.8) is 0 Å². The molecule has 3 nitrogen and oxygen atoms in total. The quantitative estimate of drug-likeness (QED) is 0.739. The Labute approximate surface area is 89.7 Å². The second kappa shape index (κ2) is 3.81. The number of piperidine rings is 3. The lowest BCUT2D eigenvalue weighted by Gasteiger charge is -2.44. The molecule has 3 saturated heterocycles. The van der Waals surface area contributed by atoms with Gasteiger partial charge in [-0.2, -0.15) is 0 Å². The number of nitrogens with zero attached hydrogens (tertiary/aromatic N) is 2. The van der Waals surface area contributed by atoms with Crippen molar-refractivity contribution in [1.82, 2.24) is 10.1 Å². The number of aromatic nitrogens is 1. The van der Waals surface area contributed by atoms with Crippen molar-refractivity contribution >= 4 is 6.08 Å². The standard InChI is InChI=1S/C12H16N2O/c1(2-12-3-6-13-15-12)11-9-10-4-7-14(11)8-5-10/h1-3,6,10-11H,4-5,7-9H2/b2-1-. The van der Waals surface area contributed by atoms with Gasteiger partial charge < -0.3 is 4.52 Å².